The third-order valence-electron chi connectivity index (χ3n) is 3.87. The molecule has 0 bridgehead atoms. The SMILES string of the molecule is CC(NC(=O)c1cc(Br)cn1C1CC1)C1CCCO1. The van der Waals surface area contributed by atoms with E-state index in [1.165, 1.54) is 12.8 Å². The van der Waals surface area contributed by atoms with E-state index in [1.807, 2.05) is 19.2 Å². The predicted octanol–water partition coefficient (Wildman–Crippen LogP) is 2.88. The third kappa shape index (κ3) is 2.87. The van der Waals surface area contributed by atoms with Crippen molar-refractivity contribution >= 4 is 21.8 Å². The van der Waals surface area contributed by atoms with Crippen molar-refractivity contribution in [3.05, 3.63) is 22.4 Å². The number of carbonyl (C=O) groups is 1. The minimum absolute atomic E-state index is 0.000556. The lowest BCUT2D eigenvalue weighted by Crippen LogP contribution is -2.41. The van der Waals surface area contributed by atoms with Crippen LogP contribution in [0.1, 0.15) is 49.1 Å². The van der Waals surface area contributed by atoms with Crippen molar-refractivity contribution in [1.29, 1.82) is 0 Å². The fraction of sp³-hybridized carbons (Fsp3) is 0.643. The first-order valence-electron chi connectivity index (χ1n) is 6.95. The summed E-state index contributed by atoms with van der Waals surface area (Å²) in [6.45, 7) is 2.84. The van der Waals surface area contributed by atoms with Crippen LogP contribution in [-0.4, -0.2) is 29.2 Å². The van der Waals surface area contributed by atoms with Crippen molar-refractivity contribution in [2.75, 3.05) is 6.61 Å². The number of hydrogen-bond donors (Lipinski definition) is 1. The van der Waals surface area contributed by atoms with Crippen LogP contribution in [0.2, 0.25) is 0 Å². The van der Waals surface area contributed by atoms with Crippen molar-refractivity contribution in [3.8, 4) is 0 Å². The smallest absolute Gasteiger partial charge is 0.268 e. The lowest BCUT2D eigenvalue weighted by atomic mass is 10.1. The Morgan fingerprint density at radius 2 is 2.32 bits per heavy atom. The zero-order chi connectivity index (χ0) is 13.4. The Kier molecular flexibility index (Phi) is 3.67. The molecule has 4 nitrogen and oxygen atoms in total. The number of carbonyl (C=O) groups excluding carboxylic acids is 1. The number of nitrogens with zero attached hydrogens (tertiary/aromatic N) is 1. The van der Waals surface area contributed by atoms with Crippen molar-refractivity contribution in [1.82, 2.24) is 9.88 Å². The van der Waals surface area contributed by atoms with E-state index in [2.05, 4.69) is 25.8 Å². The van der Waals surface area contributed by atoms with Crippen LogP contribution in [0.5, 0.6) is 0 Å². The van der Waals surface area contributed by atoms with Gasteiger partial charge in [-0.3, -0.25) is 4.79 Å². The number of amides is 1. The van der Waals surface area contributed by atoms with Crippen LogP contribution in [0.3, 0.4) is 0 Å². The Balaban J connectivity index is 1.69. The molecule has 1 aromatic heterocycles. The lowest BCUT2D eigenvalue weighted by molar-refractivity contribution is 0.0707. The molecule has 2 aliphatic rings. The van der Waals surface area contributed by atoms with Gasteiger partial charge in [-0.15, -0.1) is 0 Å². The molecule has 3 rings (SSSR count). The molecule has 1 saturated carbocycles. The van der Waals surface area contributed by atoms with Crippen LogP contribution in [-0.2, 0) is 4.74 Å². The Bertz CT molecular complexity index is 476. The van der Waals surface area contributed by atoms with Gasteiger partial charge in [0.25, 0.3) is 5.91 Å². The molecule has 1 aliphatic carbocycles. The van der Waals surface area contributed by atoms with Gasteiger partial charge in [-0.05, 0) is 54.6 Å². The van der Waals surface area contributed by atoms with Crippen molar-refractivity contribution in [2.24, 2.45) is 0 Å². The second kappa shape index (κ2) is 5.29. The van der Waals surface area contributed by atoms with E-state index in [-0.39, 0.29) is 18.1 Å². The number of ether oxygens (including phenoxy) is 1. The minimum Gasteiger partial charge on any atom is -0.376 e. The summed E-state index contributed by atoms with van der Waals surface area (Å²) in [6.07, 6.45) is 6.63. The Morgan fingerprint density at radius 3 is 2.95 bits per heavy atom. The predicted molar refractivity (Wildman–Crippen MR) is 76.3 cm³/mol. The van der Waals surface area contributed by atoms with Gasteiger partial charge in [0.1, 0.15) is 5.69 Å². The van der Waals surface area contributed by atoms with E-state index in [0.717, 1.165) is 29.6 Å². The average Bonchev–Trinajstić information content (AvgIpc) is 2.91. The van der Waals surface area contributed by atoms with Gasteiger partial charge >= 0.3 is 0 Å². The van der Waals surface area contributed by atoms with E-state index in [0.29, 0.717) is 6.04 Å². The maximum absolute atomic E-state index is 12.4. The van der Waals surface area contributed by atoms with Gasteiger partial charge in [0.2, 0.25) is 0 Å². The number of rotatable bonds is 4. The number of nitrogens with one attached hydrogen (secondary N) is 1. The van der Waals surface area contributed by atoms with Crippen LogP contribution in [0.25, 0.3) is 0 Å². The van der Waals surface area contributed by atoms with Gasteiger partial charge in [-0.2, -0.15) is 0 Å². The summed E-state index contributed by atoms with van der Waals surface area (Å²) in [5, 5.41) is 3.07. The zero-order valence-electron chi connectivity index (χ0n) is 11.1. The van der Waals surface area contributed by atoms with Gasteiger partial charge in [-0.25, -0.2) is 0 Å². The maximum Gasteiger partial charge on any atom is 0.268 e. The summed E-state index contributed by atoms with van der Waals surface area (Å²) in [5.41, 5.74) is 0.749. The molecule has 2 atom stereocenters. The van der Waals surface area contributed by atoms with E-state index in [4.69, 9.17) is 4.74 Å². The van der Waals surface area contributed by atoms with Gasteiger partial charge < -0.3 is 14.6 Å². The number of halogens is 1. The van der Waals surface area contributed by atoms with E-state index < -0.39 is 0 Å². The molecule has 1 aromatic rings. The molecule has 0 radical (unpaired) electrons. The van der Waals surface area contributed by atoms with Crippen LogP contribution >= 0.6 is 15.9 Å². The summed E-state index contributed by atoms with van der Waals surface area (Å²) < 4.78 is 8.67. The van der Waals surface area contributed by atoms with Crippen molar-refractivity contribution in [2.45, 2.75) is 50.8 Å². The summed E-state index contributed by atoms with van der Waals surface area (Å²) >= 11 is 3.45. The second-order valence-corrected chi connectivity index (χ2v) is 6.41. The highest BCUT2D eigenvalue weighted by Gasteiger charge is 2.29. The molecule has 1 N–H and O–H groups in total. The third-order valence-corrected chi connectivity index (χ3v) is 4.30. The monoisotopic (exact) mass is 326 g/mol. The van der Waals surface area contributed by atoms with E-state index >= 15 is 0 Å². The van der Waals surface area contributed by atoms with Gasteiger partial charge in [0.05, 0.1) is 12.1 Å². The second-order valence-electron chi connectivity index (χ2n) is 5.50. The molecule has 5 heteroatoms. The maximum atomic E-state index is 12.4. The molecule has 0 spiro atoms. The largest absolute Gasteiger partial charge is 0.376 e. The lowest BCUT2D eigenvalue weighted by Gasteiger charge is -2.20. The van der Waals surface area contributed by atoms with Gasteiger partial charge in [0, 0.05) is 23.3 Å². The Labute approximate surface area is 121 Å². The van der Waals surface area contributed by atoms with Crippen LogP contribution in [0, 0.1) is 0 Å². The van der Waals surface area contributed by atoms with Crippen LogP contribution in [0.15, 0.2) is 16.7 Å². The first-order chi connectivity index (χ1) is 9.15. The molecule has 2 heterocycles. The molecule has 19 heavy (non-hydrogen) atoms. The summed E-state index contributed by atoms with van der Waals surface area (Å²) in [7, 11) is 0. The van der Waals surface area contributed by atoms with Crippen LogP contribution < -0.4 is 5.32 Å². The standard InChI is InChI=1S/C14H19BrN2O2/c1-9(13-3-2-6-19-13)16-14(18)12-7-10(15)8-17(12)11-4-5-11/h7-9,11,13H,2-6H2,1H3,(H,16,18). The van der Waals surface area contributed by atoms with Gasteiger partial charge in [-0.1, -0.05) is 0 Å². The highest BCUT2D eigenvalue weighted by Crippen LogP contribution is 2.37. The summed E-state index contributed by atoms with van der Waals surface area (Å²) in [5.74, 6) is 0.000556. The summed E-state index contributed by atoms with van der Waals surface area (Å²) in [6, 6.07) is 2.47. The molecule has 2 fully saturated rings. The van der Waals surface area contributed by atoms with Gasteiger partial charge in [0.15, 0.2) is 0 Å². The minimum atomic E-state index is 0.000556. The quantitative estimate of drug-likeness (QED) is 0.924. The molecule has 1 amide bonds. The van der Waals surface area contributed by atoms with E-state index in [9.17, 15) is 4.79 Å². The number of hydrogen-bond acceptors (Lipinski definition) is 2. The first kappa shape index (κ1) is 13.2. The van der Waals surface area contributed by atoms with Crippen molar-refractivity contribution < 1.29 is 9.53 Å². The Hall–Kier alpha value is -0.810. The average molecular weight is 327 g/mol. The van der Waals surface area contributed by atoms with Crippen molar-refractivity contribution in [3.63, 3.8) is 0 Å². The Morgan fingerprint density at radius 1 is 1.53 bits per heavy atom. The molecular weight excluding hydrogens is 308 g/mol. The number of aromatic nitrogens is 1. The molecule has 104 valence electrons. The highest BCUT2D eigenvalue weighted by molar-refractivity contribution is 9.10. The summed E-state index contributed by atoms with van der Waals surface area (Å²) in [4.78, 5) is 12.4. The topological polar surface area (TPSA) is 43.3 Å². The molecule has 0 aromatic carbocycles. The van der Waals surface area contributed by atoms with Crippen LogP contribution in [0.4, 0.5) is 0 Å². The molecular formula is C14H19BrN2O2. The molecule has 1 aliphatic heterocycles. The zero-order valence-corrected chi connectivity index (χ0v) is 12.6. The van der Waals surface area contributed by atoms with E-state index in [1.54, 1.807) is 0 Å². The fourth-order valence-electron chi connectivity index (χ4n) is 2.65. The molecule has 2 unspecified atom stereocenters. The fourth-order valence-corrected chi connectivity index (χ4v) is 3.09. The molecule has 1 saturated heterocycles. The highest BCUT2D eigenvalue weighted by atomic mass is 79.9. The normalized spacial score (nSPS) is 24.4. The first-order valence-corrected chi connectivity index (χ1v) is 7.74.